The summed E-state index contributed by atoms with van der Waals surface area (Å²) in [6.07, 6.45) is 3.82. The zero-order valence-electron chi connectivity index (χ0n) is 10.5. The third-order valence-corrected chi connectivity index (χ3v) is 1.85. The molecule has 0 N–H and O–H groups in total. The van der Waals surface area contributed by atoms with Crippen molar-refractivity contribution >= 4 is 0 Å². The van der Waals surface area contributed by atoms with Gasteiger partial charge in [-0.25, -0.2) is 0 Å². The summed E-state index contributed by atoms with van der Waals surface area (Å²) in [7, 11) is 0. The summed E-state index contributed by atoms with van der Waals surface area (Å²) in [6.45, 7) is 14.3. The molecule has 0 aliphatic heterocycles. The highest BCUT2D eigenvalue weighted by Gasteiger charge is 2.08. The minimum absolute atomic E-state index is 0.166. The van der Waals surface area contributed by atoms with Gasteiger partial charge in [0.15, 0.2) is 0 Å². The van der Waals surface area contributed by atoms with Crippen LogP contribution in [0.4, 0.5) is 0 Å². The molecule has 0 rings (SSSR count). The fraction of sp³-hybridized carbons (Fsp3) is 0.538. The topological polar surface area (TPSA) is 18.5 Å². The Bertz CT molecular complexity index is 260. The molecule has 0 aromatic carbocycles. The van der Waals surface area contributed by atoms with E-state index in [2.05, 4.69) is 6.58 Å². The van der Waals surface area contributed by atoms with Gasteiger partial charge in [0.1, 0.15) is 11.5 Å². The van der Waals surface area contributed by atoms with Gasteiger partial charge in [0.05, 0.1) is 12.7 Å². The van der Waals surface area contributed by atoms with Gasteiger partial charge in [0, 0.05) is 5.57 Å². The van der Waals surface area contributed by atoms with Gasteiger partial charge < -0.3 is 9.47 Å². The molecule has 0 heterocycles. The molecule has 0 radical (unpaired) electrons. The number of hydrogen-bond acceptors (Lipinski definition) is 2. The minimum atomic E-state index is 0.166. The average Bonchev–Trinajstić information content (AvgIpc) is 2.21. The van der Waals surface area contributed by atoms with Crippen LogP contribution >= 0.6 is 0 Å². The van der Waals surface area contributed by atoms with Crippen LogP contribution in [0.25, 0.3) is 0 Å². The van der Waals surface area contributed by atoms with Gasteiger partial charge in [-0.2, -0.15) is 0 Å². The monoisotopic (exact) mass is 210 g/mol. The van der Waals surface area contributed by atoms with E-state index in [9.17, 15) is 0 Å². The predicted molar refractivity (Wildman–Crippen MR) is 64.5 cm³/mol. The normalized spacial score (nSPS) is 13.6. The summed E-state index contributed by atoms with van der Waals surface area (Å²) in [4.78, 5) is 0. The van der Waals surface area contributed by atoms with Crippen molar-refractivity contribution in [3.63, 3.8) is 0 Å². The molecule has 0 aromatic heterocycles. The number of rotatable bonds is 6. The lowest BCUT2D eigenvalue weighted by Gasteiger charge is -2.16. The molecule has 0 aromatic rings. The quantitative estimate of drug-likeness (QED) is 0.490. The lowest BCUT2D eigenvalue weighted by atomic mass is 10.2. The molecule has 0 saturated heterocycles. The van der Waals surface area contributed by atoms with Gasteiger partial charge in [0.2, 0.25) is 0 Å². The van der Waals surface area contributed by atoms with E-state index < -0.39 is 0 Å². The molecule has 0 amide bonds. The van der Waals surface area contributed by atoms with E-state index in [4.69, 9.17) is 9.47 Å². The molecule has 86 valence electrons. The first-order valence-corrected chi connectivity index (χ1v) is 5.36. The summed E-state index contributed by atoms with van der Waals surface area (Å²) in [5.74, 6) is 1.64. The minimum Gasteiger partial charge on any atom is -0.493 e. The van der Waals surface area contributed by atoms with E-state index in [1.807, 2.05) is 40.7 Å². The summed E-state index contributed by atoms with van der Waals surface area (Å²) in [5, 5.41) is 0. The lowest BCUT2D eigenvalue weighted by Crippen LogP contribution is -2.05. The third-order valence-electron chi connectivity index (χ3n) is 1.85. The second-order valence-corrected chi connectivity index (χ2v) is 3.45. The van der Waals surface area contributed by atoms with E-state index >= 15 is 0 Å². The second kappa shape index (κ2) is 7.16. The zero-order chi connectivity index (χ0) is 11.8. The van der Waals surface area contributed by atoms with Crippen molar-refractivity contribution in [2.24, 2.45) is 0 Å². The first-order chi connectivity index (χ1) is 7.06. The van der Waals surface area contributed by atoms with Crippen molar-refractivity contribution in [2.75, 3.05) is 6.61 Å². The van der Waals surface area contributed by atoms with E-state index in [1.54, 1.807) is 6.08 Å². The van der Waals surface area contributed by atoms with Crippen molar-refractivity contribution in [3.8, 4) is 0 Å². The molecule has 15 heavy (non-hydrogen) atoms. The van der Waals surface area contributed by atoms with Crippen molar-refractivity contribution < 1.29 is 9.47 Å². The Morgan fingerprint density at radius 2 is 2.00 bits per heavy atom. The molecule has 0 atom stereocenters. The van der Waals surface area contributed by atoms with Crippen molar-refractivity contribution in [1.29, 1.82) is 0 Å². The molecule has 0 aliphatic rings. The Hall–Kier alpha value is -1.18. The van der Waals surface area contributed by atoms with E-state index in [0.717, 1.165) is 17.1 Å². The molecule has 0 aliphatic carbocycles. The van der Waals surface area contributed by atoms with E-state index in [-0.39, 0.29) is 6.10 Å². The SMILES string of the molecule is C=C/C(OCC)=C(C)\C(=C/C)OC(C)C. The summed E-state index contributed by atoms with van der Waals surface area (Å²) < 4.78 is 11.1. The second-order valence-electron chi connectivity index (χ2n) is 3.45. The summed E-state index contributed by atoms with van der Waals surface area (Å²) in [5.41, 5.74) is 0.989. The van der Waals surface area contributed by atoms with Crippen LogP contribution in [0.1, 0.15) is 34.6 Å². The molecule has 2 nitrogen and oxygen atoms in total. The van der Waals surface area contributed by atoms with Crippen molar-refractivity contribution in [2.45, 2.75) is 40.7 Å². The zero-order valence-corrected chi connectivity index (χ0v) is 10.5. The van der Waals surface area contributed by atoms with Crippen LogP contribution < -0.4 is 0 Å². The highest BCUT2D eigenvalue weighted by atomic mass is 16.5. The van der Waals surface area contributed by atoms with Gasteiger partial charge in [-0.1, -0.05) is 6.58 Å². The van der Waals surface area contributed by atoms with E-state index in [0.29, 0.717) is 6.61 Å². The summed E-state index contributed by atoms with van der Waals surface area (Å²) >= 11 is 0. The maximum absolute atomic E-state index is 5.67. The third kappa shape index (κ3) is 4.73. The molecule has 0 saturated carbocycles. The van der Waals surface area contributed by atoms with Crippen molar-refractivity contribution in [3.05, 3.63) is 35.8 Å². The molecule has 0 fully saturated rings. The Kier molecular flexibility index (Phi) is 6.59. The Labute approximate surface area is 93.3 Å². The molecular weight excluding hydrogens is 188 g/mol. The first-order valence-electron chi connectivity index (χ1n) is 5.36. The van der Waals surface area contributed by atoms with Crippen LogP contribution in [0.15, 0.2) is 35.8 Å². The van der Waals surface area contributed by atoms with Gasteiger partial charge in [-0.3, -0.25) is 0 Å². The fourth-order valence-electron chi connectivity index (χ4n) is 1.22. The molecule has 2 heteroatoms. The van der Waals surface area contributed by atoms with Crippen LogP contribution in [0, 0.1) is 0 Å². The molecule has 0 spiro atoms. The Morgan fingerprint density at radius 1 is 1.40 bits per heavy atom. The first kappa shape index (κ1) is 13.8. The van der Waals surface area contributed by atoms with Crippen LogP contribution in [-0.4, -0.2) is 12.7 Å². The Balaban J connectivity index is 4.88. The fourth-order valence-corrected chi connectivity index (χ4v) is 1.22. The largest absolute Gasteiger partial charge is 0.493 e. The average molecular weight is 210 g/mol. The van der Waals surface area contributed by atoms with Crippen LogP contribution in [0.3, 0.4) is 0 Å². The van der Waals surface area contributed by atoms with Gasteiger partial charge in [-0.05, 0) is 46.8 Å². The van der Waals surface area contributed by atoms with Gasteiger partial charge in [-0.15, -0.1) is 0 Å². The maximum Gasteiger partial charge on any atom is 0.125 e. The smallest absolute Gasteiger partial charge is 0.125 e. The van der Waals surface area contributed by atoms with E-state index in [1.165, 1.54) is 0 Å². The number of ether oxygens (including phenoxy) is 2. The van der Waals surface area contributed by atoms with Gasteiger partial charge >= 0.3 is 0 Å². The molecule has 0 bridgehead atoms. The Morgan fingerprint density at radius 3 is 2.33 bits per heavy atom. The molecular formula is C13H22O2. The predicted octanol–water partition coefficient (Wildman–Crippen LogP) is 3.81. The number of allylic oxidation sites excluding steroid dienone is 3. The maximum atomic E-state index is 5.67. The highest BCUT2D eigenvalue weighted by molar-refractivity contribution is 5.31. The van der Waals surface area contributed by atoms with Crippen LogP contribution in [0.2, 0.25) is 0 Å². The van der Waals surface area contributed by atoms with Gasteiger partial charge in [0.25, 0.3) is 0 Å². The highest BCUT2D eigenvalue weighted by Crippen LogP contribution is 2.19. The summed E-state index contributed by atoms with van der Waals surface area (Å²) in [6, 6.07) is 0. The molecule has 0 unspecified atom stereocenters. The van der Waals surface area contributed by atoms with Crippen LogP contribution in [0.5, 0.6) is 0 Å². The van der Waals surface area contributed by atoms with Crippen molar-refractivity contribution in [1.82, 2.24) is 0 Å². The van der Waals surface area contributed by atoms with Crippen LogP contribution in [-0.2, 0) is 9.47 Å². The lowest BCUT2D eigenvalue weighted by molar-refractivity contribution is 0.149. The standard InChI is InChI=1S/C13H22O2/c1-7-12(14-9-3)11(6)13(8-2)15-10(4)5/h7-8,10H,1,9H2,2-6H3/b12-11+,13-8+. The number of hydrogen-bond donors (Lipinski definition) is 0.